The van der Waals surface area contributed by atoms with Crippen molar-refractivity contribution in [3.63, 3.8) is 0 Å². The van der Waals surface area contributed by atoms with E-state index in [4.69, 9.17) is 4.98 Å². The van der Waals surface area contributed by atoms with Crippen molar-refractivity contribution in [1.29, 1.82) is 0 Å². The van der Waals surface area contributed by atoms with Crippen LogP contribution < -0.4 is 11.2 Å². The van der Waals surface area contributed by atoms with Crippen molar-refractivity contribution in [2.75, 3.05) is 5.75 Å². The van der Waals surface area contributed by atoms with Crippen LogP contribution in [0.15, 0.2) is 81.7 Å². The van der Waals surface area contributed by atoms with Crippen LogP contribution in [0.2, 0.25) is 0 Å². The average molecular weight is 486 g/mol. The Hall–Kier alpha value is -4.05. The number of aryl methyl sites for hydroxylation is 2. The fourth-order valence-electron chi connectivity index (χ4n) is 3.94. The van der Waals surface area contributed by atoms with Crippen LogP contribution in [0, 0.1) is 0 Å². The maximum atomic E-state index is 12.9. The first-order chi connectivity index (χ1) is 17.0. The maximum absolute atomic E-state index is 12.9. The smallest absolute Gasteiger partial charge is 0.328 e. The number of aromatic nitrogens is 7. The monoisotopic (exact) mass is 485 g/mol. The molecule has 0 amide bonds. The zero-order chi connectivity index (χ0) is 24.4. The number of imidazole rings is 1. The Bertz CT molecular complexity index is 1610. The van der Waals surface area contributed by atoms with Gasteiger partial charge in [-0.1, -0.05) is 72.4 Å². The summed E-state index contributed by atoms with van der Waals surface area (Å²) in [7, 11) is 3.37. The van der Waals surface area contributed by atoms with Gasteiger partial charge in [-0.15, -0.1) is 10.2 Å². The average Bonchev–Trinajstić information content (AvgIpc) is 3.29. The molecule has 35 heavy (non-hydrogen) atoms. The number of fused-ring (bicyclic) bond motifs is 1. The van der Waals surface area contributed by atoms with Gasteiger partial charge >= 0.3 is 5.69 Å². The summed E-state index contributed by atoms with van der Waals surface area (Å²) in [4.78, 5) is 34.5. The minimum Gasteiger partial charge on any atom is -0.328 e. The molecule has 5 rings (SSSR count). The van der Waals surface area contributed by atoms with Gasteiger partial charge in [-0.2, -0.15) is 0 Å². The van der Waals surface area contributed by atoms with Crippen molar-refractivity contribution >= 4 is 22.9 Å². The van der Waals surface area contributed by atoms with E-state index in [1.165, 1.54) is 20.9 Å². The molecule has 0 fully saturated rings. The Morgan fingerprint density at radius 3 is 2.20 bits per heavy atom. The van der Waals surface area contributed by atoms with Crippen LogP contribution >= 0.6 is 11.8 Å². The molecule has 0 saturated carbocycles. The fraction of sp³-hybridized carbons (Fsp3) is 0.200. The highest BCUT2D eigenvalue weighted by molar-refractivity contribution is 7.99. The highest BCUT2D eigenvalue weighted by Crippen LogP contribution is 2.29. The molecule has 0 atom stereocenters. The summed E-state index contributed by atoms with van der Waals surface area (Å²) in [5, 5.41) is 9.37. The van der Waals surface area contributed by atoms with Crippen LogP contribution in [0.3, 0.4) is 0 Å². The van der Waals surface area contributed by atoms with E-state index in [2.05, 4.69) is 15.2 Å². The molecule has 0 saturated heterocycles. The van der Waals surface area contributed by atoms with Crippen LogP contribution in [0.5, 0.6) is 0 Å². The summed E-state index contributed by atoms with van der Waals surface area (Å²) in [6, 6.07) is 19.8. The van der Waals surface area contributed by atoms with Gasteiger partial charge in [0.1, 0.15) is 11.4 Å². The summed E-state index contributed by atoms with van der Waals surface area (Å²) < 4.78 is 4.31. The van der Waals surface area contributed by atoms with E-state index in [1.807, 2.05) is 60.7 Å². The predicted octanol–water partition coefficient (Wildman–Crippen LogP) is 3.14. The van der Waals surface area contributed by atoms with E-state index in [-0.39, 0.29) is 11.2 Å². The largest absolute Gasteiger partial charge is 0.332 e. The van der Waals surface area contributed by atoms with E-state index < -0.39 is 0 Å². The second-order valence-electron chi connectivity index (χ2n) is 8.05. The van der Waals surface area contributed by atoms with Gasteiger partial charge in [-0.05, 0) is 6.42 Å². The molecule has 0 aliphatic rings. The number of hydrogen-bond acceptors (Lipinski definition) is 7. The summed E-state index contributed by atoms with van der Waals surface area (Å²) >= 11 is 1.45. The molecule has 5 aromatic rings. The molecule has 9 nitrogen and oxygen atoms in total. The van der Waals surface area contributed by atoms with E-state index in [9.17, 15) is 9.59 Å². The van der Waals surface area contributed by atoms with Gasteiger partial charge in [-0.25, -0.2) is 14.8 Å². The van der Waals surface area contributed by atoms with E-state index in [0.717, 1.165) is 22.5 Å². The van der Waals surface area contributed by atoms with Gasteiger partial charge in [-0.3, -0.25) is 13.9 Å². The Balaban J connectivity index is 1.36. The van der Waals surface area contributed by atoms with Crippen molar-refractivity contribution in [3.8, 4) is 22.5 Å². The molecule has 0 radical (unpaired) electrons. The lowest BCUT2D eigenvalue weighted by Gasteiger charge is -2.10. The topological polar surface area (TPSA) is 100 Å². The van der Waals surface area contributed by atoms with Gasteiger partial charge in [0.2, 0.25) is 5.16 Å². The summed E-state index contributed by atoms with van der Waals surface area (Å²) in [5.41, 5.74) is 3.50. The van der Waals surface area contributed by atoms with Crippen LogP contribution in [-0.4, -0.2) is 39.6 Å². The molecule has 3 heterocycles. The molecule has 0 aliphatic heterocycles. The maximum Gasteiger partial charge on any atom is 0.332 e. The minimum atomic E-state index is -0.373. The molecule has 0 spiro atoms. The molecule has 3 aromatic heterocycles. The molecule has 0 N–H and O–H groups in total. The Labute approximate surface area is 205 Å². The molecule has 176 valence electrons. The lowest BCUT2D eigenvalue weighted by atomic mass is 10.0. The molecule has 10 heteroatoms. The van der Waals surface area contributed by atoms with Crippen molar-refractivity contribution in [2.24, 2.45) is 14.1 Å². The Morgan fingerprint density at radius 1 is 0.857 bits per heavy atom. The number of thioether (sulfide) groups is 1. The number of rotatable bonds is 7. The second-order valence-corrected chi connectivity index (χ2v) is 9.11. The SMILES string of the molecule is Cn1cnc2c1c(=O)n(CCCSc1nnc(-c3ccccc3)c(-c3ccccc3)n1)c(=O)n2C. The summed E-state index contributed by atoms with van der Waals surface area (Å²) in [6.45, 7) is 0.292. The Kier molecular flexibility index (Phi) is 6.28. The lowest BCUT2D eigenvalue weighted by molar-refractivity contribution is 0.594. The van der Waals surface area contributed by atoms with Crippen molar-refractivity contribution in [1.82, 2.24) is 33.9 Å². The highest BCUT2D eigenvalue weighted by Gasteiger charge is 2.16. The van der Waals surface area contributed by atoms with E-state index >= 15 is 0 Å². The number of nitrogens with zero attached hydrogens (tertiary/aromatic N) is 7. The highest BCUT2D eigenvalue weighted by atomic mass is 32.2. The van der Waals surface area contributed by atoms with Gasteiger partial charge in [0.25, 0.3) is 5.56 Å². The van der Waals surface area contributed by atoms with Crippen LogP contribution in [-0.2, 0) is 20.6 Å². The minimum absolute atomic E-state index is 0.292. The molecule has 0 aliphatic carbocycles. The van der Waals surface area contributed by atoms with Crippen LogP contribution in [0.25, 0.3) is 33.7 Å². The normalized spacial score (nSPS) is 11.3. The lowest BCUT2D eigenvalue weighted by Crippen LogP contribution is -2.39. The molecule has 2 aromatic carbocycles. The van der Waals surface area contributed by atoms with Gasteiger partial charge < -0.3 is 4.57 Å². The third-order valence-electron chi connectivity index (χ3n) is 5.72. The Morgan fingerprint density at radius 2 is 1.51 bits per heavy atom. The van der Waals surface area contributed by atoms with Crippen LogP contribution in [0.1, 0.15) is 6.42 Å². The van der Waals surface area contributed by atoms with Crippen LogP contribution in [0.4, 0.5) is 0 Å². The molecular weight excluding hydrogens is 462 g/mol. The molecule has 0 bridgehead atoms. The quantitative estimate of drug-likeness (QED) is 0.258. The molecule has 0 unspecified atom stereocenters. The van der Waals surface area contributed by atoms with Crippen molar-refractivity contribution in [2.45, 2.75) is 18.1 Å². The zero-order valence-corrected chi connectivity index (χ0v) is 20.1. The first-order valence-electron chi connectivity index (χ1n) is 11.1. The molecular formula is C25H23N7O2S. The fourth-order valence-corrected chi connectivity index (χ4v) is 4.65. The predicted molar refractivity (Wildman–Crippen MR) is 136 cm³/mol. The summed E-state index contributed by atoms with van der Waals surface area (Å²) in [6.07, 6.45) is 2.13. The van der Waals surface area contributed by atoms with E-state index in [0.29, 0.717) is 35.0 Å². The van der Waals surface area contributed by atoms with Gasteiger partial charge in [0, 0.05) is 37.5 Å². The number of benzene rings is 2. The zero-order valence-electron chi connectivity index (χ0n) is 19.3. The summed E-state index contributed by atoms with van der Waals surface area (Å²) in [5.74, 6) is 0.625. The van der Waals surface area contributed by atoms with Crippen molar-refractivity contribution in [3.05, 3.63) is 87.8 Å². The standard InChI is InChI=1S/C25H23N7O2S/c1-30-16-26-22-21(30)23(33)32(25(34)31(22)2)14-9-15-35-24-27-19(17-10-5-3-6-11-17)20(28-29-24)18-12-7-4-8-13-18/h3-8,10-13,16H,9,14-15H2,1-2H3. The third kappa shape index (κ3) is 4.40. The van der Waals surface area contributed by atoms with E-state index in [1.54, 1.807) is 25.0 Å². The van der Waals surface area contributed by atoms with Crippen molar-refractivity contribution < 1.29 is 0 Å². The first-order valence-corrected chi connectivity index (χ1v) is 12.1. The number of hydrogen-bond donors (Lipinski definition) is 0. The second kappa shape index (κ2) is 9.67. The van der Waals surface area contributed by atoms with Gasteiger partial charge in [0.05, 0.1) is 6.33 Å². The first kappa shape index (κ1) is 22.7. The third-order valence-corrected chi connectivity index (χ3v) is 6.64. The van der Waals surface area contributed by atoms with Gasteiger partial charge in [0.15, 0.2) is 11.2 Å².